The fraction of sp³-hybridized carbons (Fsp3) is 0.364. The molecular formula is C11H12F2N2O5S. The molecule has 0 spiro atoms. The third kappa shape index (κ3) is 3.46. The Balaban J connectivity index is 2.30. The number of carbonyl (C=O) groups is 1. The van der Waals surface area contributed by atoms with Gasteiger partial charge in [-0.1, -0.05) is 0 Å². The number of ether oxygens (including phenoxy) is 1. The number of benzene rings is 1. The first-order valence-corrected chi connectivity index (χ1v) is 7.33. The van der Waals surface area contributed by atoms with E-state index in [9.17, 15) is 22.0 Å². The van der Waals surface area contributed by atoms with Crippen molar-refractivity contribution < 1.29 is 31.8 Å². The number of anilines is 1. The standard InChI is InChI=1S/C11H12F2N2O5S/c12-8-6-9(13)10(5-7(8)11(16)17)14-21(18,19)15-1-3-20-4-2-15/h5-6,14H,1-4H2,(H,16,17). The number of hydrogen-bond acceptors (Lipinski definition) is 4. The summed E-state index contributed by atoms with van der Waals surface area (Å²) >= 11 is 0. The van der Waals surface area contributed by atoms with Crippen LogP contribution in [0, 0.1) is 11.6 Å². The molecule has 1 aromatic carbocycles. The van der Waals surface area contributed by atoms with Crippen LogP contribution in [0.5, 0.6) is 0 Å². The molecule has 0 amide bonds. The second-order valence-corrected chi connectivity index (χ2v) is 5.91. The van der Waals surface area contributed by atoms with E-state index in [1.54, 1.807) is 0 Å². The van der Waals surface area contributed by atoms with E-state index in [4.69, 9.17) is 9.84 Å². The van der Waals surface area contributed by atoms with Crippen molar-refractivity contribution in [2.75, 3.05) is 31.0 Å². The lowest BCUT2D eigenvalue weighted by Gasteiger charge is -2.26. The van der Waals surface area contributed by atoms with Crippen molar-refractivity contribution >= 4 is 21.9 Å². The van der Waals surface area contributed by atoms with Crippen LogP contribution in [0.3, 0.4) is 0 Å². The van der Waals surface area contributed by atoms with Crippen LogP contribution in [-0.2, 0) is 14.9 Å². The molecule has 116 valence electrons. The van der Waals surface area contributed by atoms with Crippen LogP contribution in [0.15, 0.2) is 12.1 Å². The molecule has 1 aliphatic heterocycles. The minimum atomic E-state index is -4.07. The monoisotopic (exact) mass is 322 g/mol. The molecule has 2 N–H and O–H groups in total. The summed E-state index contributed by atoms with van der Waals surface area (Å²) in [7, 11) is -4.07. The van der Waals surface area contributed by atoms with Crippen molar-refractivity contribution in [3.05, 3.63) is 29.3 Å². The zero-order valence-electron chi connectivity index (χ0n) is 10.7. The Morgan fingerprint density at radius 2 is 1.86 bits per heavy atom. The van der Waals surface area contributed by atoms with Gasteiger partial charge in [0.15, 0.2) is 0 Å². The van der Waals surface area contributed by atoms with Gasteiger partial charge < -0.3 is 9.84 Å². The van der Waals surface area contributed by atoms with Gasteiger partial charge in [-0.15, -0.1) is 0 Å². The first-order chi connectivity index (χ1) is 9.81. The average Bonchev–Trinajstić information content (AvgIpc) is 2.42. The summed E-state index contributed by atoms with van der Waals surface area (Å²) in [5.41, 5.74) is -1.45. The van der Waals surface area contributed by atoms with Gasteiger partial charge in [0.2, 0.25) is 0 Å². The molecule has 0 saturated carbocycles. The Morgan fingerprint density at radius 1 is 1.24 bits per heavy atom. The van der Waals surface area contributed by atoms with Gasteiger partial charge in [0, 0.05) is 19.2 Å². The largest absolute Gasteiger partial charge is 0.478 e. The summed E-state index contributed by atoms with van der Waals surface area (Å²) in [5, 5.41) is 8.76. The third-order valence-corrected chi connectivity index (χ3v) is 4.36. The van der Waals surface area contributed by atoms with E-state index in [2.05, 4.69) is 0 Å². The fourth-order valence-corrected chi connectivity index (χ4v) is 2.97. The van der Waals surface area contributed by atoms with E-state index in [1.165, 1.54) is 0 Å². The molecule has 1 aromatic rings. The van der Waals surface area contributed by atoms with E-state index in [-0.39, 0.29) is 26.3 Å². The number of carboxylic acid groups (broad SMARTS) is 1. The van der Waals surface area contributed by atoms with Gasteiger partial charge in [-0.2, -0.15) is 12.7 Å². The number of morpholine rings is 1. The number of halogens is 2. The highest BCUT2D eigenvalue weighted by Crippen LogP contribution is 2.21. The van der Waals surface area contributed by atoms with Crippen LogP contribution in [0.25, 0.3) is 0 Å². The maximum atomic E-state index is 13.6. The molecule has 0 atom stereocenters. The Morgan fingerprint density at radius 3 is 2.43 bits per heavy atom. The predicted molar refractivity (Wildman–Crippen MR) is 68.3 cm³/mol. The SMILES string of the molecule is O=C(O)c1cc(NS(=O)(=O)N2CCOCC2)c(F)cc1F. The Bertz CT molecular complexity index is 659. The van der Waals surface area contributed by atoms with Crippen LogP contribution in [-0.4, -0.2) is 50.1 Å². The van der Waals surface area contributed by atoms with E-state index >= 15 is 0 Å². The molecule has 1 heterocycles. The Hall–Kier alpha value is -1.78. The summed E-state index contributed by atoms with van der Waals surface area (Å²) in [6.07, 6.45) is 0. The van der Waals surface area contributed by atoms with Gasteiger partial charge in [0.25, 0.3) is 0 Å². The number of carboxylic acids is 1. The van der Waals surface area contributed by atoms with Crippen molar-refractivity contribution in [3.63, 3.8) is 0 Å². The molecule has 10 heteroatoms. The number of nitrogens with one attached hydrogen (secondary N) is 1. The van der Waals surface area contributed by atoms with Crippen LogP contribution in [0.1, 0.15) is 10.4 Å². The van der Waals surface area contributed by atoms with Crippen molar-refractivity contribution in [1.82, 2.24) is 4.31 Å². The third-order valence-electron chi connectivity index (χ3n) is 2.84. The highest BCUT2D eigenvalue weighted by atomic mass is 32.2. The van der Waals surface area contributed by atoms with Crippen LogP contribution >= 0.6 is 0 Å². The Kier molecular flexibility index (Phi) is 4.40. The molecule has 0 aromatic heterocycles. The fourth-order valence-electron chi connectivity index (χ4n) is 1.78. The number of rotatable bonds is 4. The quantitative estimate of drug-likeness (QED) is 0.848. The molecule has 1 fully saturated rings. The maximum absolute atomic E-state index is 13.6. The normalized spacial score (nSPS) is 16.7. The summed E-state index contributed by atoms with van der Waals surface area (Å²) in [5.74, 6) is -4.11. The Labute approximate surface area is 119 Å². The summed E-state index contributed by atoms with van der Waals surface area (Å²) in [6, 6.07) is 0.922. The predicted octanol–water partition coefficient (Wildman–Crippen LogP) is 0.652. The van der Waals surface area contributed by atoms with Crippen LogP contribution < -0.4 is 4.72 Å². The first-order valence-electron chi connectivity index (χ1n) is 5.89. The van der Waals surface area contributed by atoms with E-state index < -0.39 is 39.1 Å². The van der Waals surface area contributed by atoms with Gasteiger partial charge in [-0.3, -0.25) is 4.72 Å². The van der Waals surface area contributed by atoms with E-state index in [0.717, 1.165) is 4.31 Å². The highest BCUT2D eigenvalue weighted by molar-refractivity contribution is 7.90. The lowest BCUT2D eigenvalue weighted by atomic mass is 10.2. The van der Waals surface area contributed by atoms with Crippen molar-refractivity contribution in [3.8, 4) is 0 Å². The zero-order chi connectivity index (χ0) is 15.6. The average molecular weight is 322 g/mol. The molecular weight excluding hydrogens is 310 g/mol. The summed E-state index contributed by atoms with van der Waals surface area (Å²) in [4.78, 5) is 10.8. The summed E-state index contributed by atoms with van der Waals surface area (Å²) < 4.78 is 58.8. The molecule has 0 bridgehead atoms. The molecule has 0 unspecified atom stereocenters. The van der Waals surface area contributed by atoms with Crippen LogP contribution in [0.4, 0.5) is 14.5 Å². The number of aromatic carboxylic acids is 1. The molecule has 0 aliphatic carbocycles. The second kappa shape index (κ2) is 5.92. The minimum Gasteiger partial charge on any atom is -0.478 e. The molecule has 0 radical (unpaired) electrons. The van der Waals surface area contributed by atoms with Crippen molar-refractivity contribution in [2.45, 2.75) is 0 Å². The van der Waals surface area contributed by atoms with Gasteiger partial charge >= 0.3 is 16.2 Å². The molecule has 1 saturated heterocycles. The first kappa shape index (κ1) is 15.6. The van der Waals surface area contributed by atoms with E-state index in [1.807, 2.05) is 4.72 Å². The van der Waals surface area contributed by atoms with Gasteiger partial charge in [0.1, 0.15) is 11.6 Å². The van der Waals surface area contributed by atoms with Gasteiger partial charge in [-0.25, -0.2) is 13.6 Å². The zero-order valence-corrected chi connectivity index (χ0v) is 11.5. The molecule has 7 nitrogen and oxygen atoms in total. The lowest BCUT2D eigenvalue weighted by molar-refractivity contribution is 0.0692. The van der Waals surface area contributed by atoms with Crippen LogP contribution in [0.2, 0.25) is 0 Å². The number of hydrogen-bond donors (Lipinski definition) is 2. The topological polar surface area (TPSA) is 95.9 Å². The second-order valence-electron chi connectivity index (χ2n) is 4.24. The number of nitrogens with zero attached hydrogens (tertiary/aromatic N) is 1. The highest BCUT2D eigenvalue weighted by Gasteiger charge is 2.26. The molecule has 1 aliphatic rings. The van der Waals surface area contributed by atoms with Crippen molar-refractivity contribution in [2.24, 2.45) is 0 Å². The van der Waals surface area contributed by atoms with Gasteiger partial charge in [-0.05, 0) is 6.07 Å². The van der Waals surface area contributed by atoms with Crippen molar-refractivity contribution in [1.29, 1.82) is 0 Å². The minimum absolute atomic E-state index is 0.0872. The lowest BCUT2D eigenvalue weighted by Crippen LogP contribution is -2.43. The van der Waals surface area contributed by atoms with E-state index in [0.29, 0.717) is 12.1 Å². The summed E-state index contributed by atoms with van der Waals surface area (Å²) in [6.45, 7) is 0.578. The smallest absolute Gasteiger partial charge is 0.338 e. The molecule has 2 rings (SSSR count). The van der Waals surface area contributed by atoms with Gasteiger partial charge in [0.05, 0.1) is 24.5 Å². The molecule has 21 heavy (non-hydrogen) atoms. The maximum Gasteiger partial charge on any atom is 0.338 e.